The molecule has 1 saturated carbocycles. The molecule has 1 amide bonds. The lowest BCUT2D eigenvalue weighted by molar-refractivity contribution is 0.0497. The first-order valence-electron chi connectivity index (χ1n) is 10.4. The maximum absolute atomic E-state index is 12.8. The van der Waals surface area contributed by atoms with Crippen molar-refractivity contribution in [2.24, 2.45) is 5.92 Å². The summed E-state index contributed by atoms with van der Waals surface area (Å²) in [6.45, 7) is 7.99. The highest BCUT2D eigenvalue weighted by molar-refractivity contribution is 5.92. The Hall–Kier alpha value is -1.47. The minimum atomic E-state index is 0.0436. The standard InChI is InChI=1S/C19H32N6O/c1-15-2-4-16(5-3-15)23-10-12-24(13-11-23)19(26)18-14-25(22-21-18)17-6-8-20-9-7-17/h14-17,20H,2-13H2,1H3. The molecular formula is C19H32N6O. The fraction of sp³-hybridized carbons (Fsp3) is 0.842. The third kappa shape index (κ3) is 3.93. The molecule has 0 spiro atoms. The number of piperidine rings is 1. The van der Waals surface area contributed by atoms with Crippen LogP contribution in [0.3, 0.4) is 0 Å². The van der Waals surface area contributed by atoms with Crippen LogP contribution in [0.1, 0.15) is 62.0 Å². The van der Waals surface area contributed by atoms with Crippen molar-refractivity contribution < 1.29 is 4.79 Å². The molecule has 26 heavy (non-hydrogen) atoms. The average Bonchev–Trinajstić information content (AvgIpc) is 3.19. The number of carbonyl (C=O) groups excluding carboxylic acids is 1. The Balaban J connectivity index is 1.30. The Kier molecular flexibility index (Phi) is 5.55. The van der Waals surface area contributed by atoms with Gasteiger partial charge < -0.3 is 10.2 Å². The first kappa shape index (κ1) is 17.9. The third-order valence-electron chi connectivity index (χ3n) is 6.52. The van der Waals surface area contributed by atoms with Crippen LogP contribution in [0.15, 0.2) is 6.20 Å². The first-order chi connectivity index (χ1) is 12.7. The Morgan fingerprint density at radius 1 is 1.00 bits per heavy atom. The Morgan fingerprint density at radius 2 is 1.69 bits per heavy atom. The molecule has 4 rings (SSSR count). The quantitative estimate of drug-likeness (QED) is 0.886. The van der Waals surface area contributed by atoms with Gasteiger partial charge >= 0.3 is 0 Å². The van der Waals surface area contributed by atoms with Crippen molar-refractivity contribution in [1.82, 2.24) is 30.1 Å². The van der Waals surface area contributed by atoms with Crippen LogP contribution in [-0.4, -0.2) is 76.0 Å². The van der Waals surface area contributed by atoms with E-state index in [-0.39, 0.29) is 5.91 Å². The van der Waals surface area contributed by atoms with E-state index in [9.17, 15) is 4.79 Å². The van der Waals surface area contributed by atoms with Gasteiger partial charge in [0.15, 0.2) is 5.69 Å². The number of amides is 1. The molecule has 2 aliphatic heterocycles. The number of piperazine rings is 1. The second kappa shape index (κ2) is 8.05. The monoisotopic (exact) mass is 360 g/mol. The summed E-state index contributed by atoms with van der Waals surface area (Å²) in [5.41, 5.74) is 0.503. The van der Waals surface area contributed by atoms with Crippen LogP contribution in [0.5, 0.6) is 0 Å². The van der Waals surface area contributed by atoms with Crippen molar-refractivity contribution in [2.45, 2.75) is 57.5 Å². The van der Waals surface area contributed by atoms with E-state index < -0.39 is 0 Å². The SMILES string of the molecule is CC1CCC(N2CCN(C(=O)c3cn(C4CCNCC4)nn3)CC2)CC1. The van der Waals surface area contributed by atoms with Gasteiger partial charge in [-0.3, -0.25) is 9.69 Å². The topological polar surface area (TPSA) is 66.3 Å². The molecule has 3 heterocycles. The van der Waals surface area contributed by atoms with Crippen molar-refractivity contribution in [3.8, 4) is 0 Å². The minimum Gasteiger partial charge on any atom is -0.335 e. The van der Waals surface area contributed by atoms with Gasteiger partial charge in [-0.2, -0.15) is 0 Å². The summed E-state index contributed by atoms with van der Waals surface area (Å²) < 4.78 is 1.90. The van der Waals surface area contributed by atoms with Gasteiger partial charge in [0.2, 0.25) is 0 Å². The third-order valence-corrected chi connectivity index (χ3v) is 6.52. The smallest absolute Gasteiger partial charge is 0.276 e. The number of aromatic nitrogens is 3. The fourth-order valence-corrected chi connectivity index (χ4v) is 4.68. The lowest BCUT2D eigenvalue weighted by Crippen LogP contribution is -2.52. The molecule has 1 aliphatic carbocycles. The van der Waals surface area contributed by atoms with E-state index in [0.29, 0.717) is 11.7 Å². The number of hydrogen-bond donors (Lipinski definition) is 1. The van der Waals surface area contributed by atoms with Crippen molar-refractivity contribution in [2.75, 3.05) is 39.3 Å². The predicted octanol–water partition coefficient (Wildman–Crippen LogP) is 1.54. The van der Waals surface area contributed by atoms with E-state index >= 15 is 0 Å². The van der Waals surface area contributed by atoms with Crippen LogP contribution in [0.2, 0.25) is 0 Å². The molecular weight excluding hydrogens is 328 g/mol. The molecule has 2 saturated heterocycles. The van der Waals surface area contributed by atoms with Crippen LogP contribution in [0, 0.1) is 5.92 Å². The molecule has 0 bridgehead atoms. The molecule has 1 N–H and O–H groups in total. The first-order valence-corrected chi connectivity index (χ1v) is 10.4. The second-order valence-electron chi connectivity index (χ2n) is 8.31. The highest BCUT2D eigenvalue weighted by Crippen LogP contribution is 2.27. The van der Waals surface area contributed by atoms with Crippen LogP contribution in [-0.2, 0) is 0 Å². The average molecular weight is 361 g/mol. The van der Waals surface area contributed by atoms with E-state index in [1.54, 1.807) is 0 Å². The molecule has 0 unspecified atom stereocenters. The summed E-state index contributed by atoms with van der Waals surface area (Å²) in [4.78, 5) is 17.4. The molecule has 0 radical (unpaired) electrons. The van der Waals surface area contributed by atoms with Gasteiger partial charge in [-0.25, -0.2) is 4.68 Å². The highest BCUT2D eigenvalue weighted by atomic mass is 16.2. The van der Waals surface area contributed by atoms with Gasteiger partial charge in [0.25, 0.3) is 5.91 Å². The number of hydrogen-bond acceptors (Lipinski definition) is 5. The zero-order valence-corrected chi connectivity index (χ0v) is 15.9. The summed E-state index contributed by atoms with van der Waals surface area (Å²) in [6, 6.07) is 1.10. The van der Waals surface area contributed by atoms with Gasteiger partial charge in [-0.05, 0) is 57.5 Å². The summed E-state index contributed by atoms with van der Waals surface area (Å²) in [5.74, 6) is 0.929. The molecule has 7 nitrogen and oxygen atoms in total. The lowest BCUT2D eigenvalue weighted by Gasteiger charge is -2.41. The van der Waals surface area contributed by atoms with E-state index in [1.165, 1.54) is 25.7 Å². The summed E-state index contributed by atoms with van der Waals surface area (Å²) in [7, 11) is 0. The van der Waals surface area contributed by atoms with Crippen LogP contribution >= 0.6 is 0 Å². The van der Waals surface area contributed by atoms with Crippen LogP contribution in [0.4, 0.5) is 0 Å². The van der Waals surface area contributed by atoms with E-state index in [1.807, 2.05) is 15.8 Å². The zero-order valence-electron chi connectivity index (χ0n) is 15.9. The molecule has 0 atom stereocenters. The summed E-state index contributed by atoms with van der Waals surface area (Å²) in [5, 5.41) is 11.8. The molecule has 144 valence electrons. The molecule has 3 fully saturated rings. The predicted molar refractivity (Wildman–Crippen MR) is 100 cm³/mol. The molecule has 1 aromatic heterocycles. The number of nitrogens with one attached hydrogen (secondary N) is 1. The minimum absolute atomic E-state index is 0.0436. The van der Waals surface area contributed by atoms with Crippen molar-refractivity contribution in [3.63, 3.8) is 0 Å². The van der Waals surface area contributed by atoms with E-state index in [4.69, 9.17) is 0 Å². The maximum Gasteiger partial charge on any atom is 0.276 e. The molecule has 1 aromatic rings. The van der Waals surface area contributed by atoms with Gasteiger partial charge in [0.1, 0.15) is 0 Å². The van der Waals surface area contributed by atoms with Crippen LogP contribution < -0.4 is 5.32 Å². The Bertz CT molecular complexity index is 595. The Labute approximate surface area is 156 Å². The molecule has 3 aliphatic rings. The largest absolute Gasteiger partial charge is 0.335 e. The lowest BCUT2D eigenvalue weighted by atomic mass is 9.86. The van der Waals surface area contributed by atoms with E-state index in [0.717, 1.165) is 64.1 Å². The summed E-state index contributed by atoms with van der Waals surface area (Å²) >= 11 is 0. The van der Waals surface area contributed by atoms with E-state index in [2.05, 4.69) is 27.5 Å². The van der Waals surface area contributed by atoms with Crippen molar-refractivity contribution in [3.05, 3.63) is 11.9 Å². The highest BCUT2D eigenvalue weighted by Gasteiger charge is 2.30. The Morgan fingerprint density at radius 3 is 2.38 bits per heavy atom. The zero-order chi connectivity index (χ0) is 17.9. The van der Waals surface area contributed by atoms with Crippen LogP contribution in [0.25, 0.3) is 0 Å². The van der Waals surface area contributed by atoms with Gasteiger partial charge in [0, 0.05) is 32.2 Å². The van der Waals surface area contributed by atoms with Gasteiger partial charge in [-0.15, -0.1) is 5.10 Å². The second-order valence-corrected chi connectivity index (χ2v) is 8.31. The number of carbonyl (C=O) groups is 1. The maximum atomic E-state index is 12.8. The number of nitrogens with zero attached hydrogens (tertiary/aromatic N) is 5. The summed E-state index contributed by atoms with van der Waals surface area (Å²) in [6.07, 6.45) is 9.30. The molecule has 0 aromatic carbocycles. The fourth-order valence-electron chi connectivity index (χ4n) is 4.68. The molecule has 7 heteroatoms. The van der Waals surface area contributed by atoms with Gasteiger partial charge in [-0.1, -0.05) is 12.1 Å². The normalized spacial score (nSPS) is 29.0. The van der Waals surface area contributed by atoms with Crippen molar-refractivity contribution >= 4 is 5.91 Å². The number of rotatable bonds is 3. The van der Waals surface area contributed by atoms with Crippen molar-refractivity contribution in [1.29, 1.82) is 0 Å². The van der Waals surface area contributed by atoms with Gasteiger partial charge in [0.05, 0.1) is 12.2 Å².